The number of rotatable bonds is 6. The number of aromatic amines is 1. The van der Waals surface area contributed by atoms with Crippen molar-refractivity contribution in [2.45, 2.75) is 6.92 Å². The second-order valence-corrected chi connectivity index (χ2v) is 2.52. The maximum Gasteiger partial charge on any atom is 0.397 e. The number of aromatic nitrogens is 2. The van der Waals surface area contributed by atoms with Gasteiger partial charge in [0.2, 0.25) is 12.0 Å². The van der Waals surface area contributed by atoms with E-state index in [1.807, 2.05) is 0 Å². The lowest BCUT2D eigenvalue weighted by Crippen LogP contribution is -2.20. The summed E-state index contributed by atoms with van der Waals surface area (Å²) in [6.07, 6.45) is 2.12. The number of nitrogens with zero attached hydrogens (tertiary/aromatic N) is 2. The van der Waals surface area contributed by atoms with Gasteiger partial charge in [0.05, 0.1) is 6.61 Å². The summed E-state index contributed by atoms with van der Waals surface area (Å²) in [4.78, 5) is 34.6. The summed E-state index contributed by atoms with van der Waals surface area (Å²) in [5, 5.41) is 9.58. The molecule has 1 heterocycles. The Labute approximate surface area is 95.8 Å². The third-order valence-corrected chi connectivity index (χ3v) is 1.43. The third kappa shape index (κ3) is 3.90. The zero-order valence-electron chi connectivity index (χ0n) is 8.87. The highest BCUT2D eigenvalue weighted by Gasteiger charge is 2.20. The Balaban J connectivity index is 2.82. The first-order valence-corrected chi connectivity index (χ1v) is 4.56. The van der Waals surface area contributed by atoms with Crippen molar-refractivity contribution in [1.29, 1.82) is 0 Å². The number of nitrogens with one attached hydrogen (secondary N) is 1. The lowest BCUT2D eigenvalue weighted by molar-refractivity contribution is -0.262. The highest BCUT2D eigenvalue weighted by Crippen LogP contribution is 2.00. The maximum absolute atomic E-state index is 11.5. The molecule has 0 atom stereocenters. The summed E-state index contributed by atoms with van der Waals surface area (Å²) in [5.41, 5.74) is -0.0554. The summed E-state index contributed by atoms with van der Waals surface area (Å²) >= 11 is 0. The molecule has 0 saturated carbocycles. The van der Waals surface area contributed by atoms with Crippen molar-refractivity contribution in [2.24, 2.45) is 5.16 Å². The van der Waals surface area contributed by atoms with Crippen molar-refractivity contribution in [3.8, 4) is 0 Å². The topological polar surface area (TPSA) is 103 Å². The number of carbonyl (C=O) groups is 1. The first-order chi connectivity index (χ1) is 8.29. The summed E-state index contributed by atoms with van der Waals surface area (Å²) in [6.45, 7) is 1.83. The highest BCUT2D eigenvalue weighted by atomic mass is 17.2. The molecule has 0 unspecified atom stereocenters. The van der Waals surface area contributed by atoms with Crippen LogP contribution in [-0.4, -0.2) is 34.4 Å². The molecule has 1 rings (SSSR count). The number of oxime groups is 1. The van der Waals surface area contributed by atoms with Crippen LogP contribution in [0.1, 0.15) is 12.6 Å². The molecule has 1 aromatic rings. The zero-order chi connectivity index (χ0) is 12.5. The predicted octanol–water partition coefficient (Wildman–Crippen LogP) is -0.0296. The Kier molecular flexibility index (Phi) is 5.15. The predicted molar refractivity (Wildman–Crippen MR) is 54.2 cm³/mol. The SMILES string of the molecule is CCOOC(=O)C(=NOC=C=O)c1cc[nH]n1. The van der Waals surface area contributed by atoms with Gasteiger partial charge < -0.3 is 4.84 Å². The average Bonchev–Trinajstić information content (AvgIpc) is 2.85. The van der Waals surface area contributed by atoms with Gasteiger partial charge in [0.15, 0.2) is 5.94 Å². The van der Waals surface area contributed by atoms with Gasteiger partial charge in [-0.15, -0.1) is 0 Å². The van der Waals surface area contributed by atoms with Crippen LogP contribution in [0.4, 0.5) is 0 Å². The van der Waals surface area contributed by atoms with Crippen LogP contribution in [0.2, 0.25) is 0 Å². The van der Waals surface area contributed by atoms with Crippen LogP contribution in [0.5, 0.6) is 0 Å². The normalized spacial score (nSPS) is 10.5. The van der Waals surface area contributed by atoms with E-state index in [0.717, 1.165) is 0 Å². The summed E-state index contributed by atoms with van der Waals surface area (Å²) in [5.74, 6) is 0.444. The third-order valence-electron chi connectivity index (χ3n) is 1.43. The van der Waals surface area contributed by atoms with E-state index in [9.17, 15) is 9.59 Å². The smallest absolute Gasteiger partial charge is 0.352 e. The van der Waals surface area contributed by atoms with Gasteiger partial charge in [-0.1, -0.05) is 5.16 Å². The van der Waals surface area contributed by atoms with E-state index in [4.69, 9.17) is 0 Å². The van der Waals surface area contributed by atoms with E-state index in [2.05, 4.69) is 30.0 Å². The zero-order valence-corrected chi connectivity index (χ0v) is 8.87. The summed E-state index contributed by atoms with van der Waals surface area (Å²) < 4.78 is 0. The Hall–Kier alpha value is -2.44. The van der Waals surface area contributed by atoms with Crippen LogP contribution in [0.25, 0.3) is 0 Å². The fraction of sp³-hybridized carbons (Fsp3) is 0.222. The van der Waals surface area contributed by atoms with Crippen LogP contribution in [0.3, 0.4) is 0 Å². The van der Waals surface area contributed by atoms with Gasteiger partial charge in [0, 0.05) is 6.20 Å². The average molecular weight is 239 g/mol. The van der Waals surface area contributed by atoms with E-state index < -0.39 is 5.97 Å². The molecule has 1 N–H and O–H groups in total. The first-order valence-electron chi connectivity index (χ1n) is 4.56. The van der Waals surface area contributed by atoms with Gasteiger partial charge in [0.1, 0.15) is 5.69 Å². The number of H-pyrrole nitrogens is 1. The molecule has 1 aromatic heterocycles. The van der Waals surface area contributed by atoms with E-state index >= 15 is 0 Å². The fourth-order valence-corrected chi connectivity index (χ4v) is 0.833. The second-order valence-electron chi connectivity index (χ2n) is 2.52. The Bertz CT molecular complexity index is 433. The molecule has 90 valence electrons. The Morgan fingerprint density at radius 2 is 2.53 bits per heavy atom. The number of carbonyl (C=O) groups excluding carboxylic acids is 2. The molecule has 0 radical (unpaired) electrons. The standard InChI is InChI=1S/C9H9N3O5/c1-2-16-17-9(14)8(12-15-6-5-13)7-3-4-10-11-7/h3-4,6H,2H2,1H3,(H,10,11). The monoisotopic (exact) mass is 239 g/mol. The van der Waals surface area contributed by atoms with Crippen molar-refractivity contribution in [3.63, 3.8) is 0 Å². The van der Waals surface area contributed by atoms with Gasteiger partial charge in [-0.3, -0.25) is 9.99 Å². The summed E-state index contributed by atoms with van der Waals surface area (Å²) in [6, 6.07) is 1.47. The Morgan fingerprint density at radius 1 is 1.71 bits per heavy atom. The minimum atomic E-state index is -0.891. The quantitative estimate of drug-likeness (QED) is 0.246. The molecule has 8 nitrogen and oxygen atoms in total. The molecule has 0 aliphatic carbocycles. The molecule has 0 aliphatic heterocycles. The molecule has 0 amide bonds. The van der Waals surface area contributed by atoms with E-state index in [-0.39, 0.29) is 18.0 Å². The summed E-state index contributed by atoms with van der Waals surface area (Å²) in [7, 11) is 0. The van der Waals surface area contributed by atoms with Gasteiger partial charge in [0.25, 0.3) is 0 Å². The van der Waals surface area contributed by atoms with Gasteiger partial charge >= 0.3 is 5.97 Å². The molecule has 0 bridgehead atoms. The molecule has 0 spiro atoms. The minimum Gasteiger partial charge on any atom is -0.352 e. The van der Waals surface area contributed by atoms with E-state index in [0.29, 0.717) is 6.26 Å². The van der Waals surface area contributed by atoms with Crippen LogP contribution < -0.4 is 0 Å². The van der Waals surface area contributed by atoms with Gasteiger partial charge in [-0.25, -0.2) is 9.59 Å². The fourth-order valence-electron chi connectivity index (χ4n) is 0.833. The van der Waals surface area contributed by atoms with Crippen LogP contribution in [0, 0.1) is 0 Å². The molecule has 8 heteroatoms. The first kappa shape index (κ1) is 12.6. The lowest BCUT2D eigenvalue weighted by Gasteiger charge is -2.01. The van der Waals surface area contributed by atoms with Crippen molar-refractivity contribution < 1.29 is 24.2 Å². The molecule has 0 saturated heterocycles. The van der Waals surface area contributed by atoms with Gasteiger partial charge in [-0.05, 0) is 13.0 Å². The molecule has 0 aliphatic rings. The minimum absolute atomic E-state index is 0.189. The number of hydrogen-bond acceptors (Lipinski definition) is 7. The van der Waals surface area contributed by atoms with E-state index in [1.165, 1.54) is 18.2 Å². The van der Waals surface area contributed by atoms with Gasteiger partial charge in [-0.2, -0.15) is 9.99 Å². The largest absolute Gasteiger partial charge is 0.397 e. The molecular formula is C9H9N3O5. The molecule has 0 aromatic carbocycles. The number of hydrogen-bond donors (Lipinski definition) is 1. The van der Waals surface area contributed by atoms with Crippen molar-refractivity contribution in [3.05, 3.63) is 24.2 Å². The molecule has 0 fully saturated rings. The van der Waals surface area contributed by atoms with Crippen LogP contribution in [-0.2, 0) is 24.2 Å². The van der Waals surface area contributed by atoms with Crippen molar-refractivity contribution in [2.75, 3.05) is 6.61 Å². The van der Waals surface area contributed by atoms with Crippen LogP contribution in [0.15, 0.2) is 23.7 Å². The lowest BCUT2D eigenvalue weighted by atomic mass is 10.3. The maximum atomic E-state index is 11.5. The van der Waals surface area contributed by atoms with Crippen LogP contribution >= 0.6 is 0 Å². The second kappa shape index (κ2) is 6.94. The van der Waals surface area contributed by atoms with Crippen molar-refractivity contribution >= 4 is 17.6 Å². The van der Waals surface area contributed by atoms with Crippen molar-refractivity contribution in [1.82, 2.24) is 10.2 Å². The molecular weight excluding hydrogens is 230 g/mol. The molecule has 17 heavy (non-hydrogen) atoms. The van der Waals surface area contributed by atoms with E-state index in [1.54, 1.807) is 6.92 Å². The highest BCUT2D eigenvalue weighted by molar-refractivity contribution is 6.42. The Morgan fingerprint density at radius 3 is 3.12 bits per heavy atom.